The number of hydrogen-bond acceptors (Lipinski definition) is 1. The van der Waals surface area contributed by atoms with Crippen molar-refractivity contribution in [1.82, 2.24) is 5.32 Å². The zero-order valence-electron chi connectivity index (χ0n) is 10.1. The molecule has 0 aromatic rings. The minimum Gasteiger partial charge on any atom is -0.314 e. The molecular weight excluding hydrogens is 182 g/mol. The Labute approximate surface area is 93.0 Å². The Hall–Kier alpha value is -0.0400. The molecule has 1 spiro atoms. The Bertz CT molecular complexity index is 280. The second kappa shape index (κ2) is 2.45. The molecule has 1 nitrogen and oxygen atoms in total. The van der Waals surface area contributed by atoms with Crippen molar-refractivity contribution in [2.75, 3.05) is 7.05 Å². The molecule has 15 heavy (non-hydrogen) atoms. The van der Waals surface area contributed by atoms with Crippen molar-refractivity contribution >= 4 is 0 Å². The highest BCUT2D eigenvalue weighted by Crippen LogP contribution is 2.76. The first-order chi connectivity index (χ1) is 7.18. The first kappa shape index (κ1) is 9.04. The van der Waals surface area contributed by atoms with Crippen LogP contribution >= 0.6 is 0 Å². The first-order valence-corrected chi connectivity index (χ1v) is 6.87. The lowest BCUT2D eigenvalue weighted by atomic mass is 9.49. The molecule has 4 bridgehead atoms. The van der Waals surface area contributed by atoms with E-state index in [1.807, 2.05) is 0 Å². The van der Waals surface area contributed by atoms with Crippen LogP contribution in [0.3, 0.4) is 0 Å². The summed E-state index contributed by atoms with van der Waals surface area (Å²) in [7, 11) is 2.18. The summed E-state index contributed by atoms with van der Waals surface area (Å²) in [4.78, 5) is 0. The standard InChI is InChI=1S/C14H23N/c1-13(15-2)8-14(13)11-4-9-3-10(6-11)7-12(14)5-9/h9-12,15H,3-8H2,1-2H3. The SMILES string of the molecule is CNC1(C)CC12C1CC3CC(C1)CC2C3. The largest absolute Gasteiger partial charge is 0.314 e. The molecule has 1 unspecified atom stereocenters. The molecule has 5 aliphatic rings. The number of hydrogen-bond donors (Lipinski definition) is 1. The maximum atomic E-state index is 3.63. The van der Waals surface area contributed by atoms with E-state index in [-0.39, 0.29) is 0 Å². The van der Waals surface area contributed by atoms with E-state index < -0.39 is 0 Å². The molecule has 0 amide bonds. The normalized spacial score (nSPS) is 65.2. The minimum absolute atomic E-state index is 0.510. The van der Waals surface area contributed by atoms with Gasteiger partial charge in [0.05, 0.1) is 0 Å². The molecule has 5 saturated carbocycles. The second-order valence-corrected chi connectivity index (χ2v) is 7.10. The molecule has 5 fully saturated rings. The van der Waals surface area contributed by atoms with E-state index in [2.05, 4.69) is 19.3 Å². The number of rotatable bonds is 1. The smallest absolute Gasteiger partial charge is 0.0218 e. The molecule has 84 valence electrons. The summed E-state index contributed by atoms with van der Waals surface area (Å²) in [6.07, 6.45) is 9.35. The Morgan fingerprint density at radius 2 is 1.47 bits per heavy atom. The predicted octanol–water partition coefficient (Wildman–Crippen LogP) is 2.81. The van der Waals surface area contributed by atoms with Gasteiger partial charge in [-0.05, 0) is 81.6 Å². The van der Waals surface area contributed by atoms with E-state index in [4.69, 9.17) is 0 Å². The zero-order valence-corrected chi connectivity index (χ0v) is 10.1. The summed E-state index contributed by atoms with van der Waals surface area (Å²) >= 11 is 0. The van der Waals surface area contributed by atoms with Gasteiger partial charge in [0.1, 0.15) is 0 Å². The molecule has 0 radical (unpaired) electrons. The van der Waals surface area contributed by atoms with Crippen molar-refractivity contribution in [1.29, 1.82) is 0 Å². The van der Waals surface area contributed by atoms with Crippen LogP contribution < -0.4 is 5.32 Å². The topological polar surface area (TPSA) is 12.0 Å². The molecule has 5 rings (SSSR count). The third-order valence-corrected chi connectivity index (χ3v) is 6.70. The van der Waals surface area contributed by atoms with Crippen molar-refractivity contribution in [3.05, 3.63) is 0 Å². The summed E-state index contributed by atoms with van der Waals surface area (Å²) in [5.41, 5.74) is 1.25. The first-order valence-electron chi connectivity index (χ1n) is 6.87. The molecule has 1 heteroatoms. The highest BCUT2D eigenvalue weighted by molar-refractivity contribution is 5.27. The van der Waals surface area contributed by atoms with Crippen LogP contribution in [-0.2, 0) is 0 Å². The molecule has 0 saturated heterocycles. The minimum atomic E-state index is 0.510. The van der Waals surface area contributed by atoms with Crippen molar-refractivity contribution in [3.63, 3.8) is 0 Å². The van der Waals surface area contributed by atoms with Crippen LogP contribution in [0, 0.1) is 29.1 Å². The summed E-state index contributed by atoms with van der Waals surface area (Å²) in [5, 5.41) is 3.63. The molecule has 1 atom stereocenters. The van der Waals surface area contributed by atoms with Crippen molar-refractivity contribution in [2.45, 2.75) is 51.0 Å². The summed E-state index contributed by atoms with van der Waals surface area (Å²) in [5.74, 6) is 4.43. The highest BCUT2D eigenvalue weighted by atomic mass is 15.1. The monoisotopic (exact) mass is 205 g/mol. The van der Waals surface area contributed by atoms with Crippen LogP contribution in [0.15, 0.2) is 0 Å². The van der Waals surface area contributed by atoms with Crippen LogP contribution in [0.25, 0.3) is 0 Å². The average Bonchev–Trinajstić information content (AvgIpc) is 2.83. The molecule has 0 aromatic heterocycles. The van der Waals surface area contributed by atoms with Crippen molar-refractivity contribution in [2.24, 2.45) is 29.1 Å². The van der Waals surface area contributed by atoms with E-state index >= 15 is 0 Å². The summed E-state index contributed by atoms with van der Waals surface area (Å²) in [6, 6.07) is 0. The van der Waals surface area contributed by atoms with Gasteiger partial charge in [0.15, 0.2) is 0 Å². The average molecular weight is 205 g/mol. The maximum Gasteiger partial charge on any atom is 0.0218 e. The van der Waals surface area contributed by atoms with Crippen LogP contribution in [0.5, 0.6) is 0 Å². The molecule has 0 aromatic carbocycles. The van der Waals surface area contributed by atoms with E-state index in [9.17, 15) is 0 Å². The van der Waals surface area contributed by atoms with Crippen LogP contribution in [0.1, 0.15) is 45.4 Å². The molecule has 0 aliphatic heterocycles. The Balaban J connectivity index is 1.73. The Kier molecular flexibility index (Phi) is 1.47. The maximum absolute atomic E-state index is 3.63. The zero-order chi connectivity index (χ0) is 10.3. The van der Waals surface area contributed by atoms with Gasteiger partial charge in [0.2, 0.25) is 0 Å². The fourth-order valence-electron chi connectivity index (χ4n) is 6.08. The lowest BCUT2D eigenvalue weighted by Crippen LogP contribution is -2.51. The van der Waals surface area contributed by atoms with Gasteiger partial charge < -0.3 is 5.32 Å². The fraction of sp³-hybridized carbons (Fsp3) is 1.00. The quantitative estimate of drug-likeness (QED) is 0.694. The van der Waals surface area contributed by atoms with Gasteiger partial charge in [-0.3, -0.25) is 0 Å². The van der Waals surface area contributed by atoms with E-state index in [1.165, 1.54) is 6.42 Å². The second-order valence-electron chi connectivity index (χ2n) is 7.10. The lowest BCUT2D eigenvalue weighted by Gasteiger charge is -2.56. The van der Waals surface area contributed by atoms with Gasteiger partial charge in [-0.15, -0.1) is 0 Å². The van der Waals surface area contributed by atoms with Gasteiger partial charge in [-0.25, -0.2) is 0 Å². The van der Waals surface area contributed by atoms with Crippen molar-refractivity contribution < 1.29 is 0 Å². The molecule has 5 aliphatic carbocycles. The van der Waals surface area contributed by atoms with E-state index in [0.717, 1.165) is 29.1 Å². The van der Waals surface area contributed by atoms with Crippen molar-refractivity contribution in [3.8, 4) is 0 Å². The molecule has 0 heterocycles. The number of nitrogens with one attached hydrogen (secondary N) is 1. The van der Waals surface area contributed by atoms with Crippen LogP contribution in [0.2, 0.25) is 0 Å². The summed E-state index contributed by atoms with van der Waals surface area (Å²) < 4.78 is 0. The van der Waals surface area contributed by atoms with Gasteiger partial charge in [-0.1, -0.05) is 0 Å². The van der Waals surface area contributed by atoms with Crippen LogP contribution in [-0.4, -0.2) is 12.6 Å². The van der Waals surface area contributed by atoms with Gasteiger partial charge >= 0.3 is 0 Å². The molecular formula is C14H23N. The fourth-order valence-corrected chi connectivity index (χ4v) is 6.08. The van der Waals surface area contributed by atoms with Gasteiger partial charge in [0.25, 0.3) is 0 Å². The highest BCUT2D eigenvalue weighted by Gasteiger charge is 2.74. The molecule has 1 N–H and O–H groups in total. The summed E-state index contributed by atoms with van der Waals surface area (Å²) in [6.45, 7) is 2.48. The van der Waals surface area contributed by atoms with E-state index in [1.54, 1.807) is 32.1 Å². The predicted molar refractivity (Wildman–Crippen MR) is 61.6 cm³/mol. The Morgan fingerprint density at radius 3 is 1.87 bits per heavy atom. The third-order valence-electron chi connectivity index (χ3n) is 6.70. The Morgan fingerprint density at radius 1 is 0.933 bits per heavy atom. The third kappa shape index (κ3) is 0.868. The van der Waals surface area contributed by atoms with Crippen LogP contribution in [0.4, 0.5) is 0 Å². The lowest BCUT2D eigenvalue weighted by molar-refractivity contribution is -0.0641. The van der Waals surface area contributed by atoms with Gasteiger partial charge in [0, 0.05) is 5.54 Å². The van der Waals surface area contributed by atoms with E-state index in [0.29, 0.717) is 5.54 Å². The van der Waals surface area contributed by atoms with Gasteiger partial charge in [-0.2, -0.15) is 0 Å².